The topological polar surface area (TPSA) is 63.3 Å². The predicted molar refractivity (Wildman–Crippen MR) is 43.1 cm³/mol. The SMILES string of the molecule is [2H]C([2H])=C([2H])C([2H])([2H])SC[C@H](N)C(=O)O. The van der Waals surface area contributed by atoms with E-state index in [-0.39, 0.29) is 5.75 Å². The maximum atomic E-state index is 10.3. The summed E-state index contributed by atoms with van der Waals surface area (Å²) in [5.74, 6) is -1.48. The standard InChI is InChI=1S/C6H11NO2S/c1-2-3-10-4-5(7)6(8)9/h2,5H,1,3-4,7H2,(H,8,9)/t5-/m0/s1/i1D2,2D,3D2. The fraction of sp³-hybridized carbons (Fsp3) is 0.500. The number of rotatable bonds is 5. The van der Waals surface area contributed by atoms with Gasteiger partial charge in [0.05, 0.1) is 4.11 Å². The van der Waals surface area contributed by atoms with Gasteiger partial charge in [0.15, 0.2) is 0 Å². The van der Waals surface area contributed by atoms with Crippen LogP contribution in [0.5, 0.6) is 0 Å². The zero-order valence-electron chi connectivity index (χ0n) is 10.1. The number of hydrogen-bond acceptors (Lipinski definition) is 3. The summed E-state index contributed by atoms with van der Waals surface area (Å²) in [4.78, 5) is 10.3. The average molecular weight is 166 g/mol. The number of hydrogen-bond donors (Lipinski definition) is 2. The van der Waals surface area contributed by atoms with E-state index in [2.05, 4.69) is 0 Å². The van der Waals surface area contributed by atoms with E-state index in [9.17, 15) is 4.79 Å². The van der Waals surface area contributed by atoms with Crippen LogP contribution in [-0.2, 0) is 4.79 Å². The van der Waals surface area contributed by atoms with Crippen molar-refractivity contribution in [2.24, 2.45) is 5.73 Å². The number of nitrogens with two attached hydrogens (primary N) is 1. The molecule has 0 aromatic carbocycles. The summed E-state index contributed by atoms with van der Waals surface area (Å²) in [6, 6.07) is -2.03. The van der Waals surface area contributed by atoms with Gasteiger partial charge in [0, 0.05) is 14.2 Å². The second kappa shape index (κ2) is 5.32. The third kappa shape index (κ3) is 4.40. The average Bonchev–Trinajstić information content (AvgIpc) is 2.12. The molecule has 0 amide bonds. The Morgan fingerprint density at radius 2 is 3.00 bits per heavy atom. The van der Waals surface area contributed by atoms with Crippen LogP contribution in [-0.4, -0.2) is 28.6 Å². The third-order valence-electron chi connectivity index (χ3n) is 0.703. The van der Waals surface area contributed by atoms with E-state index < -0.39 is 30.3 Å². The highest BCUT2D eigenvalue weighted by Gasteiger charge is 2.09. The molecule has 0 radical (unpaired) electrons. The molecule has 0 aromatic rings. The molecule has 3 nitrogen and oxygen atoms in total. The molecule has 0 unspecified atom stereocenters. The number of thioether (sulfide) groups is 1. The van der Waals surface area contributed by atoms with Gasteiger partial charge < -0.3 is 10.8 Å². The minimum absolute atomic E-state index is 0.224. The van der Waals surface area contributed by atoms with Gasteiger partial charge in [-0.05, 0) is 0 Å². The molecule has 0 rings (SSSR count). The van der Waals surface area contributed by atoms with Gasteiger partial charge >= 0.3 is 5.97 Å². The van der Waals surface area contributed by atoms with Crippen molar-refractivity contribution in [1.29, 1.82) is 0 Å². The lowest BCUT2D eigenvalue weighted by Crippen LogP contribution is -2.32. The van der Waals surface area contributed by atoms with Gasteiger partial charge in [-0.1, -0.05) is 6.05 Å². The van der Waals surface area contributed by atoms with Crippen molar-refractivity contribution in [3.63, 3.8) is 0 Å². The molecule has 58 valence electrons. The molecule has 0 heterocycles. The number of aliphatic carboxylic acids is 1. The lowest BCUT2D eigenvalue weighted by molar-refractivity contribution is -0.137. The Balaban J connectivity index is 4.41. The maximum Gasteiger partial charge on any atom is 0.321 e. The number of carboxylic acids is 1. The second-order valence-electron chi connectivity index (χ2n) is 1.48. The van der Waals surface area contributed by atoms with Crippen LogP contribution in [0.1, 0.15) is 6.85 Å². The Bertz CT molecular complexity index is 279. The molecule has 0 aliphatic carbocycles. The van der Waals surface area contributed by atoms with Crippen molar-refractivity contribution in [3.05, 3.63) is 12.6 Å². The highest BCUT2D eigenvalue weighted by Crippen LogP contribution is 2.00. The molecular weight excluding hydrogens is 150 g/mol. The largest absolute Gasteiger partial charge is 0.480 e. The number of carboxylic acid groups (broad SMARTS) is 1. The predicted octanol–water partition coefficient (Wildman–Crippen LogP) is 0.317. The van der Waals surface area contributed by atoms with Crippen molar-refractivity contribution in [3.8, 4) is 0 Å². The van der Waals surface area contributed by atoms with E-state index in [1.807, 2.05) is 0 Å². The molecule has 10 heavy (non-hydrogen) atoms. The first-order chi connectivity index (χ1) is 6.68. The highest BCUT2D eigenvalue weighted by atomic mass is 32.2. The van der Waals surface area contributed by atoms with E-state index in [0.29, 0.717) is 11.8 Å². The molecule has 4 heteroatoms. The second-order valence-corrected chi connectivity index (χ2v) is 2.31. The quantitative estimate of drug-likeness (QED) is 0.577. The van der Waals surface area contributed by atoms with E-state index in [1.165, 1.54) is 0 Å². The van der Waals surface area contributed by atoms with Crippen molar-refractivity contribution in [2.75, 3.05) is 11.5 Å². The molecule has 0 bridgehead atoms. The molecule has 0 aliphatic rings. The smallest absolute Gasteiger partial charge is 0.321 e. The molecule has 0 saturated heterocycles. The van der Waals surface area contributed by atoms with Gasteiger partial charge in [0.2, 0.25) is 0 Å². The molecule has 3 N–H and O–H groups in total. The van der Waals surface area contributed by atoms with Gasteiger partial charge in [0.25, 0.3) is 0 Å². The molecule has 0 aromatic heterocycles. The van der Waals surface area contributed by atoms with E-state index in [0.717, 1.165) is 0 Å². The van der Waals surface area contributed by atoms with E-state index in [4.69, 9.17) is 17.7 Å². The molecular formula is C6H11NO2S. The molecule has 0 spiro atoms. The molecule has 0 aliphatic heterocycles. The van der Waals surface area contributed by atoms with Crippen LogP contribution in [0.3, 0.4) is 0 Å². The van der Waals surface area contributed by atoms with Crippen molar-refractivity contribution >= 4 is 17.7 Å². The first kappa shape index (κ1) is 3.78. The Morgan fingerprint density at radius 1 is 2.30 bits per heavy atom. The summed E-state index contributed by atoms with van der Waals surface area (Å²) in [6.07, 6.45) is 0. The monoisotopic (exact) mass is 166 g/mol. The Kier molecular flexibility index (Phi) is 2.01. The van der Waals surface area contributed by atoms with E-state index >= 15 is 0 Å². The number of carbonyl (C=O) groups is 1. The van der Waals surface area contributed by atoms with Crippen LogP contribution in [0.2, 0.25) is 0 Å². The van der Waals surface area contributed by atoms with Gasteiger partial charge in [-0.2, -0.15) is 11.8 Å². The van der Waals surface area contributed by atoms with Crippen molar-refractivity contribution in [2.45, 2.75) is 6.04 Å². The fourth-order valence-electron chi connectivity index (χ4n) is 0.239. The molecule has 0 fully saturated rings. The van der Waals surface area contributed by atoms with Crippen LogP contribution in [0, 0.1) is 0 Å². The van der Waals surface area contributed by atoms with E-state index in [1.54, 1.807) is 0 Å². The summed E-state index contributed by atoms with van der Waals surface area (Å²) in [5.41, 5.74) is 2.88. The first-order valence-corrected chi connectivity index (χ1v) is 3.44. The van der Waals surface area contributed by atoms with Crippen LogP contribution in [0.4, 0.5) is 0 Å². The minimum atomic E-state index is -2.26. The molecule has 1 atom stereocenters. The van der Waals surface area contributed by atoms with Crippen molar-refractivity contribution < 1.29 is 16.8 Å². The highest BCUT2D eigenvalue weighted by molar-refractivity contribution is 7.99. The summed E-state index contributed by atoms with van der Waals surface area (Å²) in [6.45, 7) is -0.934. The zero-order chi connectivity index (χ0) is 12.2. The lowest BCUT2D eigenvalue weighted by atomic mass is 10.4. The first-order valence-electron chi connectivity index (χ1n) is 4.95. The Hall–Kier alpha value is -0.480. The summed E-state index contributed by atoms with van der Waals surface area (Å²) in [7, 11) is 0. The van der Waals surface area contributed by atoms with Crippen molar-refractivity contribution in [1.82, 2.24) is 0 Å². The normalized spacial score (nSPS) is 20.7. The summed E-state index contributed by atoms with van der Waals surface area (Å²) in [5, 5.41) is 8.43. The summed E-state index contributed by atoms with van der Waals surface area (Å²) >= 11 is 0.494. The minimum Gasteiger partial charge on any atom is -0.480 e. The van der Waals surface area contributed by atoms with Crippen LogP contribution >= 0.6 is 11.8 Å². The third-order valence-corrected chi connectivity index (χ3v) is 1.48. The Labute approximate surface area is 71.3 Å². The molecule has 0 saturated carbocycles. The van der Waals surface area contributed by atoms with Gasteiger partial charge in [0.1, 0.15) is 6.04 Å². The Morgan fingerprint density at radius 3 is 3.50 bits per heavy atom. The maximum absolute atomic E-state index is 10.3. The fourth-order valence-corrected chi connectivity index (χ4v) is 0.716. The van der Waals surface area contributed by atoms with Gasteiger partial charge in [-0.15, -0.1) is 6.53 Å². The zero-order valence-corrected chi connectivity index (χ0v) is 5.94. The van der Waals surface area contributed by atoms with Gasteiger partial charge in [-0.25, -0.2) is 0 Å². The van der Waals surface area contributed by atoms with Crippen LogP contribution in [0.15, 0.2) is 12.6 Å². The van der Waals surface area contributed by atoms with Crippen LogP contribution < -0.4 is 5.73 Å². The van der Waals surface area contributed by atoms with Gasteiger partial charge in [-0.3, -0.25) is 4.79 Å². The summed E-state index contributed by atoms with van der Waals surface area (Å²) < 4.78 is 35.2. The lowest BCUT2D eigenvalue weighted by Gasteiger charge is -2.02. The van der Waals surface area contributed by atoms with Crippen LogP contribution in [0.25, 0.3) is 0 Å².